The first-order chi connectivity index (χ1) is 14.4. The Morgan fingerprint density at radius 1 is 1.23 bits per heavy atom. The van der Waals surface area contributed by atoms with Crippen molar-refractivity contribution in [2.45, 2.75) is 31.1 Å². The lowest BCUT2D eigenvalue weighted by atomic mass is 9.92. The van der Waals surface area contributed by atoms with Gasteiger partial charge in [0.2, 0.25) is 0 Å². The van der Waals surface area contributed by atoms with Gasteiger partial charge in [0.15, 0.2) is 0 Å². The standard InChI is InChI=1S/C22H23N5O3/c1-22(29)15(11-30-16-4-2-13-3-5-19(23)26-17(13)9-16)8-18(20(22)28)27-7-6-14-10-24-12-25-21(14)27/h2-7,9-10,12,15,18,20,28-29H,8,11H2,1H3,(H2,23,26)/t15-,18-,20+,22-/m1/s1. The minimum absolute atomic E-state index is 0.263. The predicted molar refractivity (Wildman–Crippen MR) is 113 cm³/mol. The van der Waals surface area contributed by atoms with Crippen LogP contribution in [0.25, 0.3) is 21.9 Å². The molecule has 154 valence electrons. The number of pyridine rings is 1. The van der Waals surface area contributed by atoms with E-state index in [9.17, 15) is 10.2 Å². The van der Waals surface area contributed by atoms with Gasteiger partial charge in [0.1, 0.15) is 29.6 Å². The fraction of sp³-hybridized carbons (Fsp3) is 0.318. The lowest BCUT2D eigenvalue weighted by molar-refractivity contribution is -0.0821. The molecule has 4 atom stereocenters. The first-order valence-electron chi connectivity index (χ1n) is 9.89. The van der Waals surface area contributed by atoms with Crippen LogP contribution in [0.5, 0.6) is 5.75 Å². The Bertz CT molecular complexity index is 1220. The highest BCUT2D eigenvalue weighted by Gasteiger charge is 2.51. The summed E-state index contributed by atoms with van der Waals surface area (Å²) >= 11 is 0. The zero-order chi connectivity index (χ0) is 20.9. The van der Waals surface area contributed by atoms with E-state index in [0.717, 1.165) is 21.9 Å². The van der Waals surface area contributed by atoms with E-state index in [0.29, 0.717) is 18.0 Å². The van der Waals surface area contributed by atoms with Gasteiger partial charge in [0.25, 0.3) is 0 Å². The largest absolute Gasteiger partial charge is 0.493 e. The van der Waals surface area contributed by atoms with Gasteiger partial charge in [-0.3, -0.25) is 0 Å². The molecular weight excluding hydrogens is 382 g/mol. The van der Waals surface area contributed by atoms with E-state index in [4.69, 9.17) is 10.5 Å². The number of rotatable bonds is 4. The van der Waals surface area contributed by atoms with Crippen LogP contribution in [-0.2, 0) is 0 Å². The molecule has 8 nitrogen and oxygen atoms in total. The first-order valence-corrected chi connectivity index (χ1v) is 9.89. The Balaban J connectivity index is 1.37. The van der Waals surface area contributed by atoms with Crippen LogP contribution in [0, 0.1) is 5.92 Å². The number of anilines is 1. The molecule has 30 heavy (non-hydrogen) atoms. The number of nitrogens with two attached hydrogens (primary N) is 1. The summed E-state index contributed by atoms with van der Waals surface area (Å²) in [4.78, 5) is 12.7. The number of ether oxygens (including phenoxy) is 1. The van der Waals surface area contributed by atoms with E-state index in [1.807, 2.05) is 41.1 Å². The smallest absolute Gasteiger partial charge is 0.143 e. The van der Waals surface area contributed by atoms with E-state index < -0.39 is 11.7 Å². The van der Waals surface area contributed by atoms with Gasteiger partial charge < -0.3 is 25.3 Å². The van der Waals surface area contributed by atoms with Gasteiger partial charge in [0, 0.05) is 35.2 Å². The summed E-state index contributed by atoms with van der Waals surface area (Å²) in [7, 11) is 0. The topological polar surface area (TPSA) is 119 Å². The van der Waals surface area contributed by atoms with Crippen LogP contribution < -0.4 is 10.5 Å². The van der Waals surface area contributed by atoms with Crippen LogP contribution in [0.4, 0.5) is 5.82 Å². The molecule has 1 aromatic carbocycles. The quantitative estimate of drug-likeness (QED) is 0.477. The van der Waals surface area contributed by atoms with Crippen LogP contribution >= 0.6 is 0 Å². The summed E-state index contributed by atoms with van der Waals surface area (Å²) in [5.74, 6) is 0.835. The van der Waals surface area contributed by atoms with Crippen molar-refractivity contribution >= 4 is 27.8 Å². The molecule has 1 saturated carbocycles. The number of fused-ring (bicyclic) bond motifs is 2. The minimum Gasteiger partial charge on any atom is -0.493 e. The van der Waals surface area contributed by atoms with E-state index in [1.54, 1.807) is 19.2 Å². The highest BCUT2D eigenvalue weighted by molar-refractivity contribution is 5.81. The molecule has 3 heterocycles. The molecular formula is C22H23N5O3. The van der Waals surface area contributed by atoms with Crippen LogP contribution in [-0.4, -0.2) is 48.0 Å². The second kappa shape index (κ2) is 6.93. The van der Waals surface area contributed by atoms with Crippen molar-refractivity contribution in [2.75, 3.05) is 12.3 Å². The Kier molecular flexibility index (Phi) is 4.34. The molecule has 0 radical (unpaired) electrons. The summed E-state index contributed by atoms with van der Waals surface area (Å²) in [6.45, 7) is 1.93. The third-order valence-electron chi connectivity index (χ3n) is 6.19. The number of hydrogen-bond acceptors (Lipinski definition) is 7. The fourth-order valence-corrected chi connectivity index (χ4v) is 4.36. The summed E-state index contributed by atoms with van der Waals surface area (Å²) in [6.07, 6.45) is 4.71. The van der Waals surface area contributed by atoms with Gasteiger partial charge in [0.05, 0.1) is 23.8 Å². The van der Waals surface area contributed by atoms with Gasteiger partial charge in [-0.1, -0.05) is 0 Å². The van der Waals surface area contributed by atoms with Crippen LogP contribution in [0.2, 0.25) is 0 Å². The van der Waals surface area contributed by atoms with Crippen molar-refractivity contribution in [3.8, 4) is 5.75 Å². The van der Waals surface area contributed by atoms with Gasteiger partial charge in [-0.25, -0.2) is 15.0 Å². The molecule has 4 aromatic rings. The molecule has 1 aliphatic carbocycles. The predicted octanol–water partition coefficient (Wildman–Crippen LogP) is 2.31. The molecule has 0 amide bonds. The third-order valence-corrected chi connectivity index (χ3v) is 6.19. The molecule has 1 aliphatic rings. The Morgan fingerprint density at radius 2 is 2.07 bits per heavy atom. The van der Waals surface area contributed by atoms with Gasteiger partial charge in [-0.05, 0) is 43.7 Å². The third kappa shape index (κ3) is 3.05. The maximum absolute atomic E-state index is 11.0. The van der Waals surface area contributed by atoms with Crippen molar-refractivity contribution in [3.63, 3.8) is 0 Å². The number of aromatic nitrogens is 4. The van der Waals surface area contributed by atoms with Crippen LogP contribution in [0.1, 0.15) is 19.4 Å². The summed E-state index contributed by atoms with van der Waals surface area (Å²) in [6, 6.07) is 10.9. The zero-order valence-electron chi connectivity index (χ0n) is 16.5. The number of benzene rings is 1. The molecule has 0 bridgehead atoms. The second-order valence-electron chi connectivity index (χ2n) is 8.10. The van der Waals surface area contributed by atoms with Crippen molar-refractivity contribution in [1.29, 1.82) is 0 Å². The SMILES string of the molecule is C[C@@]1(O)[C@@H](COc2ccc3ccc(N)nc3c2)C[C@@H](n2ccc3cncnc32)[C@@H]1O. The summed E-state index contributed by atoms with van der Waals surface area (Å²) < 4.78 is 7.90. The van der Waals surface area contributed by atoms with Crippen molar-refractivity contribution in [1.82, 2.24) is 19.5 Å². The van der Waals surface area contributed by atoms with Gasteiger partial charge in [-0.2, -0.15) is 0 Å². The number of aliphatic hydroxyl groups is 2. The normalized spacial score (nSPS) is 26.4. The minimum atomic E-state index is -1.30. The molecule has 1 fully saturated rings. The van der Waals surface area contributed by atoms with E-state index >= 15 is 0 Å². The second-order valence-corrected chi connectivity index (χ2v) is 8.10. The molecule has 3 aromatic heterocycles. The van der Waals surface area contributed by atoms with Crippen molar-refractivity contribution in [2.24, 2.45) is 5.92 Å². The van der Waals surface area contributed by atoms with E-state index in [-0.39, 0.29) is 18.6 Å². The average molecular weight is 405 g/mol. The Labute approximate surface area is 173 Å². The highest BCUT2D eigenvalue weighted by atomic mass is 16.5. The number of nitrogen functional groups attached to an aromatic ring is 1. The number of aliphatic hydroxyl groups excluding tert-OH is 1. The number of nitrogens with zero attached hydrogens (tertiary/aromatic N) is 4. The fourth-order valence-electron chi connectivity index (χ4n) is 4.36. The molecule has 0 unspecified atom stereocenters. The van der Waals surface area contributed by atoms with Crippen LogP contribution in [0.3, 0.4) is 0 Å². The maximum Gasteiger partial charge on any atom is 0.143 e. The van der Waals surface area contributed by atoms with Gasteiger partial charge in [-0.15, -0.1) is 0 Å². The van der Waals surface area contributed by atoms with Crippen LogP contribution in [0.15, 0.2) is 55.1 Å². The van der Waals surface area contributed by atoms with Crippen molar-refractivity contribution in [3.05, 3.63) is 55.1 Å². The first kappa shape index (κ1) is 18.8. The van der Waals surface area contributed by atoms with E-state index in [2.05, 4.69) is 15.0 Å². The van der Waals surface area contributed by atoms with E-state index in [1.165, 1.54) is 6.33 Å². The molecule has 0 saturated heterocycles. The lowest BCUT2D eigenvalue weighted by Crippen LogP contribution is -2.43. The highest BCUT2D eigenvalue weighted by Crippen LogP contribution is 2.43. The average Bonchev–Trinajstić information content (AvgIpc) is 3.25. The Hall–Kier alpha value is -3.23. The van der Waals surface area contributed by atoms with Gasteiger partial charge >= 0.3 is 0 Å². The molecule has 5 rings (SSSR count). The summed E-state index contributed by atoms with van der Waals surface area (Å²) in [5.41, 5.74) is 5.97. The number of hydrogen-bond donors (Lipinski definition) is 3. The molecule has 0 spiro atoms. The molecule has 4 N–H and O–H groups in total. The van der Waals surface area contributed by atoms with Crippen molar-refractivity contribution < 1.29 is 14.9 Å². The molecule has 0 aliphatic heterocycles. The zero-order valence-corrected chi connectivity index (χ0v) is 16.5. The Morgan fingerprint density at radius 3 is 2.93 bits per heavy atom. The molecule has 8 heteroatoms. The monoisotopic (exact) mass is 405 g/mol. The lowest BCUT2D eigenvalue weighted by Gasteiger charge is -2.29. The summed E-state index contributed by atoms with van der Waals surface area (Å²) in [5, 5.41) is 23.8. The maximum atomic E-state index is 11.0.